The first-order valence-corrected chi connectivity index (χ1v) is 9.30. The molecule has 0 aliphatic heterocycles. The zero-order chi connectivity index (χ0) is 27.6. The zero-order valence-electron chi connectivity index (χ0n) is 18.2. The van der Waals surface area contributed by atoms with Crippen LogP contribution in [0.4, 0.5) is 43.9 Å². The summed E-state index contributed by atoms with van der Waals surface area (Å²) in [6.07, 6.45) is -16.8. The van der Waals surface area contributed by atoms with E-state index in [2.05, 4.69) is 36.8 Å². The molecular formula is C18H23F10NO6. The van der Waals surface area contributed by atoms with Crippen molar-refractivity contribution in [2.24, 2.45) is 0 Å². The van der Waals surface area contributed by atoms with Gasteiger partial charge in [-0.25, -0.2) is 8.78 Å². The minimum atomic E-state index is -4.82. The molecule has 0 aliphatic carbocycles. The van der Waals surface area contributed by atoms with Gasteiger partial charge >= 0.3 is 30.3 Å². The van der Waals surface area contributed by atoms with Crippen LogP contribution in [0.3, 0.4) is 0 Å². The first-order chi connectivity index (χ1) is 15.8. The quantitative estimate of drug-likeness (QED) is 0.106. The number of hydrogen-bond donors (Lipinski definition) is 0. The number of rotatable bonds is 19. The highest BCUT2D eigenvalue weighted by atomic mass is 19.3. The molecule has 0 heterocycles. The molecule has 35 heavy (non-hydrogen) atoms. The van der Waals surface area contributed by atoms with E-state index in [1.165, 1.54) is 0 Å². The Morgan fingerprint density at radius 2 is 1.23 bits per heavy atom. The number of hydrogen-bond acceptors (Lipinski definition) is 6. The smallest absolute Gasteiger partial charge is 0.366 e. The van der Waals surface area contributed by atoms with E-state index in [-0.39, 0.29) is 0 Å². The van der Waals surface area contributed by atoms with E-state index in [1.54, 1.807) is 0 Å². The minimum Gasteiger partial charge on any atom is -0.366 e. The second kappa shape index (κ2) is 13.4. The summed E-state index contributed by atoms with van der Waals surface area (Å²) in [5.74, 6) is -5.53. The molecular weight excluding hydrogens is 516 g/mol. The van der Waals surface area contributed by atoms with Crippen molar-refractivity contribution in [3.8, 4) is 0 Å². The number of alkyl halides is 10. The lowest BCUT2D eigenvalue weighted by atomic mass is 10.4. The van der Waals surface area contributed by atoms with E-state index >= 15 is 0 Å². The van der Waals surface area contributed by atoms with Gasteiger partial charge in [0.2, 0.25) is 0 Å². The summed E-state index contributed by atoms with van der Waals surface area (Å²) in [6.45, 7) is -3.57. The van der Waals surface area contributed by atoms with Crippen LogP contribution in [0.25, 0.3) is 0 Å². The van der Waals surface area contributed by atoms with Gasteiger partial charge in [-0.3, -0.25) is 14.3 Å². The second-order valence-corrected chi connectivity index (χ2v) is 6.78. The van der Waals surface area contributed by atoms with Gasteiger partial charge in [0.1, 0.15) is 26.4 Å². The fourth-order valence-electron chi connectivity index (χ4n) is 1.93. The highest BCUT2D eigenvalue weighted by Gasteiger charge is 2.48. The molecule has 0 radical (unpaired) electrons. The van der Waals surface area contributed by atoms with Gasteiger partial charge in [0.25, 0.3) is 5.92 Å². The Kier molecular flexibility index (Phi) is 12.6. The Morgan fingerprint density at radius 1 is 0.743 bits per heavy atom. The third kappa shape index (κ3) is 14.9. The van der Waals surface area contributed by atoms with Crippen molar-refractivity contribution >= 4 is 5.91 Å². The SMILES string of the molecule is C=CCN(CC=C)C(=O)C(F)(F)OCC(F)(F)OCOCC(F)(F)OC(F)(F)COCC(C)(F)F. The highest BCUT2D eigenvalue weighted by molar-refractivity contribution is 5.82. The molecule has 17 heteroatoms. The number of halogens is 10. The van der Waals surface area contributed by atoms with E-state index in [1.807, 2.05) is 0 Å². The molecule has 0 unspecified atom stereocenters. The van der Waals surface area contributed by atoms with Crippen LogP contribution in [-0.4, -0.2) is 87.5 Å². The molecule has 0 fully saturated rings. The zero-order valence-corrected chi connectivity index (χ0v) is 18.2. The third-order valence-corrected chi connectivity index (χ3v) is 3.20. The summed E-state index contributed by atoms with van der Waals surface area (Å²) in [5.41, 5.74) is 0. The van der Waals surface area contributed by atoms with E-state index in [0.29, 0.717) is 11.8 Å². The first kappa shape index (κ1) is 33.0. The van der Waals surface area contributed by atoms with E-state index < -0.39 is 82.6 Å². The molecule has 1 amide bonds. The van der Waals surface area contributed by atoms with E-state index in [9.17, 15) is 48.7 Å². The van der Waals surface area contributed by atoms with Crippen LogP contribution in [-0.2, 0) is 28.5 Å². The topological polar surface area (TPSA) is 66.5 Å². The van der Waals surface area contributed by atoms with Crippen molar-refractivity contribution in [3.05, 3.63) is 25.3 Å². The number of carbonyl (C=O) groups is 1. The summed E-state index contributed by atoms with van der Waals surface area (Å²) in [4.78, 5) is 12.2. The van der Waals surface area contributed by atoms with Crippen molar-refractivity contribution in [1.29, 1.82) is 0 Å². The number of amides is 1. The van der Waals surface area contributed by atoms with Crippen molar-refractivity contribution in [2.45, 2.75) is 37.3 Å². The molecule has 0 aromatic carbocycles. The molecule has 0 aromatic heterocycles. The largest absolute Gasteiger partial charge is 0.437 e. The van der Waals surface area contributed by atoms with Crippen LogP contribution in [0.1, 0.15) is 6.92 Å². The summed E-state index contributed by atoms with van der Waals surface area (Å²) >= 11 is 0. The molecule has 7 nitrogen and oxygen atoms in total. The van der Waals surface area contributed by atoms with Crippen LogP contribution in [0.5, 0.6) is 0 Å². The highest BCUT2D eigenvalue weighted by Crippen LogP contribution is 2.29. The van der Waals surface area contributed by atoms with Crippen LogP contribution in [0.15, 0.2) is 25.3 Å². The predicted molar refractivity (Wildman–Crippen MR) is 97.1 cm³/mol. The number of ether oxygens (including phenoxy) is 5. The van der Waals surface area contributed by atoms with Gasteiger partial charge < -0.3 is 19.1 Å². The van der Waals surface area contributed by atoms with Crippen LogP contribution >= 0.6 is 0 Å². The van der Waals surface area contributed by atoms with Crippen LogP contribution in [0.2, 0.25) is 0 Å². The molecule has 0 aromatic rings. The number of carbonyl (C=O) groups excluding carboxylic acids is 1. The van der Waals surface area contributed by atoms with Gasteiger partial charge in [-0.1, -0.05) is 12.2 Å². The summed E-state index contributed by atoms with van der Waals surface area (Å²) < 4.78 is 151. The minimum absolute atomic E-state index is 0.314. The summed E-state index contributed by atoms with van der Waals surface area (Å²) in [5, 5.41) is 0. The van der Waals surface area contributed by atoms with Gasteiger partial charge in [0.15, 0.2) is 6.79 Å². The maximum absolute atomic E-state index is 13.8. The lowest BCUT2D eigenvalue weighted by Gasteiger charge is -2.26. The molecule has 0 aliphatic rings. The summed E-state index contributed by atoms with van der Waals surface area (Å²) in [7, 11) is 0. The van der Waals surface area contributed by atoms with Crippen molar-refractivity contribution in [3.63, 3.8) is 0 Å². The Labute approximate surface area is 193 Å². The van der Waals surface area contributed by atoms with Crippen LogP contribution < -0.4 is 0 Å². The van der Waals surface area contributed by atoms with Gasteiger partial charge in [0, 0.05) is 20.0 Å². The van der Waals surface area contributed by atoms with Gasteiger partial charge in [0.05, 0.1) is 0 Å². The molecule has 206 valence electrons. The summed E-state index contributed by atoms with van der Waals surface area (Å²) in [6, 6.07) is 0. The fraction of sp³-hybridized carbons (Fsp3) is 0.722. The molecule has 0 saturated heterocycles. The molecule has 0 spiro atoms. The molecule has 0 N–H and O–H groups in total. The van der Waals surface area contributed by atoms with Gasteiger partial charge in [-0.05, 0) is 0 Å². The Morgan fingerprint density at radius 3 is 1.69 bits per heavy atom. The van der Waals surface area contributed by atoms with Crippen molar-refractivity contribution in [1.82, 2.24) is 4.90 Å². The van der Waals surface area contributed by atoms with Gasteiger partial charge in [-0.15, -0.1) is 13.2 Å². The monoisotopic (exact) mass is 539 g/mol. The first-order valence-electron chi connectivity index (χ1n) is 9.30. The maximum atomic E-state index is 13.8. The lowest BCUT2D eigenvalue weighted by Crippen LogP contribution is -2.47. The Bertz CT molecular complexity index is 677. The van der Waals surface area contributed by atoms with Crippen molar-refractivity contribution in [2.75, 3.05) is 46.3 Å². The Balaban J connectivity index is 4.60. The third-order valence-electron chi connectivity index (χ3n) is 3.20. The molecule has 0 bridgehead atoms. The second-order valence-electron chi connectivity index (χ2n) is 6.78. The normalized spacial score (nSPS) is 13.6. The van der Waals surface area contributed by atoms with Gasteiger partial charge in [-0.2, -0.15) is 35.1 Å². The average molecular weight is 539 g/mol. The predicted octanol–water partition coefficient (Wildman–Crippen LogP) is 4.25. The number of nitrogens with zero attached hydrogens (tertiary/aromatic N) is 1. The molecule has 0 saturated carbocycles. The van der Waals surface area contributed by atoms with E-state index in [4.69, 9.17) is 0 Å². The lowest BCUT2D eigenvalue weighted by molar-refractivity contribution is -0.401. The van der Waals surface area contributed by atoms with E-state index in [0.717, 1.165) is 12.2 Å². The fourth-order valence-corrected chi connectivity index (χ4v) is 1.93. The standard InChI is InChI=1S/C18H23F10NO6/c1-4-6-29(7-5-2)13(30)18(27,28)33-11-15(21,22)34-12-32-10-17(25,26)35-16(23,24)9-31-8-14(3,19)20/h4-5H,1-2,6-12H2,3H3. The molecule has 0 rings (SSSR count). The average Bonchev–Trinajstić information content (AvgIpc) is 2.67. The maximum Gasteiger partial charge on any atom is 0.437 e. The van der Waals surface area contributed by atoms with Crippen LogP contribution in [0, 0.1) is 0 Å². The Hall–Kier alpha value is -1.95. The molecule has 0 atom stereocenters. The van der Waals surface area contributed by atoms with Crippen molar-refractivity contribution < 1.29 is 72.4 Å².